The monoisotopic (exact) mass is 501 g/mol. The second-order valence-corrected chi connectivity index (χ2v) is 14.1. The molecule has 3 unspecified atom stereocenters. The summed E-state index contributed by atoms with van der Waals surface area (Å²) < 4.78 is 34.2. The van der Waals surface area contributed by atoms with Gasteiger partial charge in [-0.05, 0) is 92.9 Å². The maximum Gasteiger partial charge on any atom is 0.339 e. The molecule has 6 nitrogen and oxygen atoms in total. The fraction of sp³-hybridized carbons (Fsp3) is 0.750. The van der Waals surface area contributed by atoms with E-state index in [-0.39, 0.29) is 35.8 Å². The quantitative estimate of drug-likeness (QED) is 0.667. The van der Waals surface area contributed by atoms with Crippen LogP contribution in [0.4, 0.5) is 0 Å². The molecule has 5 aliphatic rings. The molecule has 1 aliphatic heterocycles. The largest absolute Gasteiger partial charge is 0.391 e. The van der Waals surface area contributed by atoms with Crippen molar-refractivity contribution in [2.45, 2.75) is 83.9 Å². The smallest absolute Gasteiger partial charge is 0.339 e. The first-order chi connectivity index (χ1) is 16.7. The summed E-state index contributed by atoms with van der Waals surface area (Å²) in [6.07, 6.45) is 6.95. The van der Waals surface area contributed by atoms with Crippen molar-refractivity contribution in [2.24, 2.45) is 40.4 Å². The van der Waals surface area contributed by atoms with Crippen molar-refractivity contribution < 1.29 is 22.5 Å². The van der Waals surface area contributed by atoms with Gasteiger partial charge in [0.2, 0.25) is 0 Å². The number of nitrogens with zero attached hydrogens (tertiary/aromatic N) is 1. The van der Waals surface area contributed by atoms with Gasteiger partial charge in [-0.15, -0.1) is 0 Å². The van der Waals surface area contributed by atoms with E-state index in [4.69, 9.17) is 4.18 Å². The molecule has 5 fully saturated rings. The first kappa shape index (κ1) is 24.1. The average molecular weight is 502 g/mol. The van der Waals surface area contributed by atoms with Crippen LogP contribution in [-0.4, -0.2) is 42.4 Å². The van der Waals surface area contributed by atoms with Crippen molar-refractivity contribution in [3.05, 3.63) is 35.9 Å². The summed E-state index contributed by atoms with van der Waals surface area (Å²) in [6.45, 7) is 4.56. The summed E-state index contributed by atoms with van der Waals surface area (Å²) in [5.41, 5.74) is 0.753. The molecule has 7 heteroatoms. The Labute approximate surface area is 209 Å². The molecule has 1 N–H and O–H groups in total. The SMILES string of the molecule is CC(=O)[C@H]1CCC2C3CC[C@H]4C[C@H](O)[C@@H]5C[C@]4(COS(=O)(=O)N5Cc4ccccc4)C3CC[C@@]21C. The molecule has 1 aromatic rings. The van der Waals surface area contributed by atoms with Crippen LogP contribution >= 0.6 is 0 Å². The topological polar surface area (TPSA) is 83.9 Å². The van der Waals surface area contributed by atoms with Crippen molar-refractivity contribution in [3.63, 3.8) is 0 Å². The normalized spacial score (nSPS) is 46.7. The lowest BCUT2D eigenvalue weighted by Crippen LogP contribution is -2.60. The standard InChI is InChI=1S/C28H39NO5S/c1-18(30)22-10-11-23-21-9-8-20-14-26(31)25-15-28(20,24(21)12-13-27(22,23)2)17-34-35(32,33)29(25)16-19-6-4-3-5-7-19/h3-7,20-26,31H,8-17H2,1-2H3/t20-,21?,22+,23?,24?,25-,26-,27+,28+/m0/s1. The van der Waals surface area contributed by atoms with Gasteiger partial charge >= 0.3 is 10.3 Å². The van der Waals surface area contributed by atoms with E-state index >= 15 is 0 Å². The van der Waals surface area contributed by atoms with E-state index in [9.17, 15) is 18.3 Å². The molecular formula is C28H39NO5S. The van der Waals surface area contributed by atoms with E-state index < -0.39 is 22.4 Å². The summed E-state index contributed by atoms with van der Waals surface area (Å²) >= 11 is 0. The van der Waals surface area contributed by atoms with Crippen LogP contribution in [0.1, 0.15) is 70.8 Å². The number of rotatable bonds is 3. The lowest BCUT2D eigenvalue weighted by Gasteiger charge is -2.62. The van der Waals surface area contributed by atoms with Crippen LogP contribution in [0.15, 0.2) is 30.3 Å². The van der Waals surface area contributed by atoms with Crippen molar-refractivity contribution in [1.29, 1.82) is 0 Å². The molecule has 2 bridgehead atoms. The molecule has 4 saturated carbocycles. The maximum absolute atomic E-state index is 13.4. The molecule has 0 radical (unpaired) electrons. The highest BCUT2D eigenvalue weighted by Crippen LogP contribution is 2.68. The summed E-state index contributed by atoms with van der Waals surface area (Å²) in [5, 5.41) is 11.2. The number of hydrogen-bond donors (Lipinski definition) is 1. The lowest BCUT2D eigenvalue weighted by atomic mass is 9.44. The number of carbonyl (C=O) groups is 1. The minimum absolute atomic E-state index is 0.0705. The van der Waals surface area contributed by atoms with E-state index in [1.165, 1.54) is 4.31 Å². The van der Waals surface area contributed by atoms with Gasteiger partial charge in [-0.2, -0.15) is 12.7 Å². The number of fused-ring (bicyclic) bond motifs is 4. The van der Waals surface area contributed by atoms with Gasteiger partial charge < -0.3 is 5.11 Å². The van der Waals surface area contributed by atoms with Crippen LogP contribution in [0.25, 0.3) is 0 Å². The molecular weight excluding hydrogens is 462 g/mol. The minimum atomic E-state index is -3.96. The van der Waals surface area contributed by atoms with Gasteiger partial charge in [-0.25, -0.2) is 0 Å². The molecule has 1 saturated heterocycles. The van der Waals surface area contributed by atoms with Crippen LogP contribution in [-0.2, 0) is 25.8 Å². The second kappa shape index (κ2) is 8.37. The van der Waals surface area contributed by atoms with Gasteiger partial charge in [-0.1, -0.05) is 37.3 Å². The zero-order chi connectivity index (χ0) is 24.6. The minimum Gasteiger partial charge on any atom is -0.391 e. The van der Waals surface area contributed by atoms with Crippen molar-refractivity contribution in [2.75, 3.05) is 6.61 Å². The Morgan fingerprint density at radius 3 is 2.63 bits per heavy atom. The summed E-state index contributed by atoms with van der Waals surface area (Å²) in [5.74, 6) is 2.22. The molecule has 4 aliphatic carbocycles. The highest BCUT2D eigenvalue weighted by Gasteiger charge is 2.65. The van der Waals surface area contributed by atoms with Gasteiger partial charge in [0.15, 0.2) is 0 Å². The predicted octanol–water partition coefficient (Wildman–Crippen LogP) is 4.33. The summed E-state index contributed by atoms with van der Waals surface area (Å²) in [4.78, 5) is 12.5. The van der Waals surface area contributed by atoms with E-state index in [1.807, 2.05) is 30.3 Å². The average Bonchev–Trinajstić information content (AvgIpc) is 3.15. The van der Waals surface area contributed by atoms with Crippen LogP contribution in [0, 0.1) is 40.4 Å². The molecule has 6 rings (SSSR count). The number of aliphatic hydroxyl groups is 1. The van der Waals surface area contributed by atoms with Crippen molar-refractivity contribution in [1.82, 2.24) is 4.31 Å². The highest BCUT2D eigenvalue weighted by atomic mass is 32.2. The Balaban J connectivity index is 1.35. The fourth-order valence-corrected chi connectivity index (χ4v) is 11.0. The third-order valence-corrected chi connectivity index (χ3v) is 12.6. The highest BCUT2D eigenvalue weighted by molar-refractivity contribution is 7.84. The molecule has 1 heterocycles. The van der Waals surface area contributed by atoms with Gasteiger partial charge in [0.25, 0.3) is 0 Å². The molecule has 1 aromatic carbocycles. The molecule has 0 aromatic heterocycles. The molecule has 192 valence electrons. The maximum atomic E-state index is 13.4. The number of hydrogen-bond acceptors (Lipinski definition) is 5. The van der Waals surface area contributed by atoms with E-state index in [2.05, 4.69) is 6.92 Å². The van der Waals surface area contributed by atoms with Gasteiger partial charge in [0, 0.05) is 17.9 Å². The van der Waals surface area contributed by atoms with E-state index in [1.54, 1.807) is 6.92 Å². The fourth-order valence-electron chi connectivity index (χ4n) is 9.66. The lowest BCUT2D eigenvalue weighted by molar-refractivity contribution is -0.158. The Morgan fingerprint density at radius 2 is 1.89 bits per heavy atom. The van der Waals surface area contributed by atoms with Crippen LogP contribution in [0.2, 0.25) is 0 Å². The molecule has 35 heavy (non-hydrogen) atoms. The number of ketones is 1. The molecule has 1 spiro atoms. The molecule has 0 amide bonds. The Bertz CT molecular complexity index is 1090. The van der Waals surface area contributed by atoms with Gasteiger partial charge in [-0.3, -0.25) is 8.98 Å². The van der Waals surface area contributed by atoms with Gasteiger partial charge in [0.05, 0.1) is 18.8 Å². The molecule has 9 atom stereocenters. The first-order valence-corrected chi connectivity index (χ1v) is 14.9. The van der Waals surface area contributed by atoms with Crippen LogP contribution in [0.3, 0.4) is 0 Å². The number of carbonyl (C=O) groups excluding carboxylic acids is 1. The summed E-state index contributed by atoms with van der Waals surface area (Å²) in [7, 11) is -3.96. The van der Waals surface area contributed by atoms with Crippen LogP contribution in [0.5, 0.6) is 0 Å². The van der Waals surface area contributed by atoms with Crippen molar-refractivity contribution >= 4 is 16.1 Å². The second-order valence-electron chi connectivity index (χ2n) is 12.5. The van der Waals surface area contributed by atoms with E-state index in [0.717, 1.165) is 44.1 Å². The summed E-state index contributed by atoms with van der Waals surface area (Å²) in [6, 6.07) is 9.15. The van der Waals surface area contributed by atoms with Crippen molar-refractivity contribution in [3.8, 4) is 0 Å². The number of benzene rings is 1. The van der Waals surface area contributed by atoms with E-state index in [0.29, 0.717) is 36.4 Å². The zero-order valence-electron chi connectivity index (χ0n) is 20.9. The predicted molar refractivity (Wildman–Crippen MR) is 132 cm³/mol. The first-order valence-electron chi connectivity index (χ1n) is 13.5. The third-order valence-electron chi connectivity index (χ3n) is 11.2. The Hall–Kier alpha value is -1.28. The zero-order valence-corrected chi connectivity index (χ0v) is 21.8. The Morgan fingerprint density at radius 1 is 1.11 bits per heavy atom. The third kappa shape index (κ3) is 3.59. The van der Waals surface area contributed by atoms with Crippen LogP contribution < -0.4 is 0 Å². The number of Topliss-reactive ketones (excluding diaryl/α,β-unsaturated/α-hetero) is 1. The number of aliphatic hydroxyl groups excluding tert-OH is 1. The van der Waals surface area contributed by atoms with Gasteiger partial charge in [0.1, 0.15) is 5.78 Å². The Kier molecular flexibility index (Phi) is 5.76.